The zero-order valence-corrected chi connectivity index (χ0v) is 18.4. The molecule has 3 aromatic rings. The Bertz CT molecular complexity index is 1010. The summed E-state index contributed by atoms with van der Waals surface area (Å²) < 4.78 is 24.1. The number of halogens is 1. The maximum absolute atomic E-state index is 13.4. The molecule has 0 fully saturated rings. The van der Waals surface area contributed by atoms with Gasteiger partial charge in [0.25, 0.3) is 5.91 Å². The zero-order chi connectivity index (χ0) is 23.5. The normalized spacial score (nSPS) is 11.5. The number of nitrogens with zero attached hydrogens (tertiary/aromatic N) is 1. The Morgan fingerprint density at radius 1 is 0.939 bits per heavy atom. The number of hydrogen-bond donors (Lipinski definition) is 1. The molecule has 1 N–H and O–H groups in total. The Labute approximate surface area is 192 Å². The molecule has 2 amide bonds. The highest BCUT2D eigenvalue weighted by Crippen LogP contribution is 2.24. The summed E-state index contributed by atoms with van der Waals surface area (Å²) in [6.07, 6.45) is 0. The van der Waals surface area contributed by atoms with Crippen LogP contribution in [0.25, 0.3) is 0 Å². The first-order chi connectivity index (χ1) is 16.1. The lowest BCUT2D eigenvalue weighted by atomic mass is 10.0. The van der Waals surface area contributed by atoms with Crippen molar-refractivity contribution in [3.8, 4) is 5.75 Å². The second-order valence-electron chi connectivity index (χ2n) is 7.35. The fraction of sp³-hybridized carbons (Fsp3) is 0.231. The molecule has 0 aliphatic heterocycles. The van der Waals surface area contributed by atoms with E-state index in [9.17, 15) is 14.0 Å². The molecule has 7 heteroatoms. The van der Waals surface area contributed by atoms with Crippen LogP contribution in [0.4, 0.5) is 4.39 Å². The summed E-state index contributed by atoms with van der Waals surface area (Å²) in [6, 6.07) is 23.0. The first-order valence-electron chi connectivity index (χ1n) is 10.6. The summed E-state index contributed by atoms with van der Waals surface area (Å²) >= 11 is 0. The van der Waals surface area contributed by atoms with Gasteiger partial charge in [-0.15, -0.1) is 0 Å². The minimum Gasteiger partial charge on any atom is -0.484 e. The van der Waals surface area contributed by atoms with Gasteiger partial charge in [0.05, 0.1) is 6.61 Å². The van der Waals surface area contributed by atoms with Crippen LogP contribution < -0.4 is 10.1 Å². The molecule has 0 aliphatic rings. The van der Waals surface area contributed by atoms with Crippen LogP contribution in [0.3, 0.4) is 0 Å². The molecule has 0 saturated carbocycles. The standard InChI is InChI=1S/C26H27FN2O4/c1-32-17-16-28-26(31)25(21-8-4-2-5-9-21)29(18-20-12-14-22(27)15-13-20)24(30)19-33-23-10-6-3-7-11-23/h2-15,25H,16-19H2,1H3,(H,28,31)/t25-/m0/s1. The average Bonchev–Trinajstić information content (AvgIpc) is 2.85. The highest BCUT2D eigenvalue weighted by atomic mass is 19.1. The number of benzene rings is 3. The lowest BCUT2D eigenvalue weighted by Gasteiger charge is -2.31. The van der Waals surface area contributed by atoms with E-state index in [1.54, 1.807) is 43.5 Å². The molecule has 0 spiro atoms. The minimum atomic E-state index is -0.903. The number of amides is 2. The second-order valence-corrected chi connectivity index (χ2v) is 7.35. The van der Waals surface area contributed by atoms with Gasteiger partial charge in [-0.1, -0.05) is 60.7 Å². The van der Waals surface area contributed by atoms with Gasteiger partial charge in [-0.25, -0.2) is 4.39 Å². The molecule has 6 nitrogen and oxygen atoms in total. The zero-order valence-electron chi connectivity index (χ0n) is 18.4. The molecule has 3 rings (SSSR count). The molecule has 172 valence electrons. The Balaban J connectivity index is 1.90. The SMILES string of the molecule is COCCNC(=O)[C@H](c1ccccc1)N(Cc1ccc(F)cc1)C(=O)COc1ccccc1. The highest BCUT2D eigenvalue weighted by molar-refractivity contribution is 5.89. The average molecular weight is 451 g/mol. The molecular formula is C26H27FN2O4. The van der Waals surface area contributed by atoms with Gasteiger partial charge in [-0.3, -0.25) is 9.59 Å². The topological polar surface area (TPSA) is 67.9 Å². The monoisotopic (exact) mass is 450 g/mol. The molecule has 0 aromatic heterocycles. The van der Waals surface area contributed by atoms with E-state index in [0.29, 0.717) is 30.0 Å². The van der Waals surface area contributed by atoms with E-state index in [4.69, 9.17) is 9.47 Å². The lowest BCUT2D eigenvalue weighted by molar-refractivity contribution is -0.143. The molecule has 0 aliphatic carbocycles. The summed E-state index contributed by atoms with van der Waals surface area (Å²) in [5, 5.41) is 2.83. The lowest BCUT2D eigenvalue weighted by Crippen LogP contribution is -2.45. The highest BCUT2D eigenvalue weighted by Gasteiger charge is 2.31. The van der Waals surface area contributed by atoms with Crippen molar-refractivity contribution in [1.29, 1.82) is 0 Å². The summed E-state index contributed by atoms with van der Waals surface area (Å²) in [6.45, 7) is 0.502. The predicted molar refractivity (Wildman–Crippen MR) is 123 cm³/mol. The van der Waals surface area contributed by atoms with E-state index in [1.807, 2.05) is 36.4 Å². The Morgan fingerprint density at radius 2 is 1.58 bits per heavy atom. The molecule has 0 unspecified atom stereocenters. The number of rotatable bonds is 11. The van der Waals surface area contributed by atoms with Crippen LogP contribution in [-0.4, -0.2) is 43.6 Å². The van der Waals surface area contributed by atoms with Crippen molar-refractivity contribution in [1.82, 2.24) is 10.2 Å². The number of carbonyl (C=O) groups excluding carboxylic acids is 2. The van der Waals surface area contributed by atoms with E-state index < -0.39 is 6.04 Å². The Morgan fingerprint density at radius 3 is 2.21 bits per heavy atom. The number of para-hydroxylation sites is 1. The number of ether oxygens (including phenoxy) is 2. The van der Waals surface area contributed by atoms with E-state index >= 15 is 0 Å². The quantitative estimate of drug-likeness (QED) is 0.452. The summed E-state index contributed by atoms with van der Waals surface area (Å²) in [7, 11) is 1.55. The number of methoxy groups -OCH3 is 1. The largest absolute Gasteiger partial charge is 0.484 e. The molecule has 33 heavy (non-hydrogen) atoms. The van der Waals surface area contributed by atoms with Crippen LogP contribution in [0.15, 0.2) is 84.9 Å². The van der Waals surface area contributed by atoms with Crippen molar-refractivity contribution >= 4 is 11.8 Å². The van der Waals surface area contributed by atoms with Crippen LogP contribution in [0.5, 0.6) is 5.75 Å². The number of carbonyl (C=O) groups is 2. The molecule has 3 aromatic carbocycles. The van der Waals surface area contributed by atoms with Crippen molar-refractivity contribution in [2.45, 2.75) is 12.6 Å². The van der Waals surface area contributed by atoms with Crippen molar-refractivity contribution < 1.29 is 23.5 Å². The van der Waals surface area contributed by atoms with Crippen LogP contribution in [0.1, 0.15) is 17.2 Å². The fourth-order valence-electron chi connectivity index (χ4n) is 3.34. The van der Waals surface area contributed by atoms with Gasteiger partial charge < -0.3 is 19.7 Å². The predicted octanol–water partition coefficient (Wildman–Crippen LogP) is 3.74. The van der Waals surface area contributed by atoms with E-state index in [-0.39, 0.29) is 30.8 Å². The maximum atomic E-state index is 13.4. The van der Waals surface area contributed by atoms with Gasteiger partial charge in [0.1, 0.15) is 17.6 Å². The third-order valence-corrected chi connectivity index (χ3v) is 4.97. The summed E-state index contributed by atoms with van der Waals surface area (Å²) in [4.78, 5) is 28.0. The first kappa shape index (κ1) is 23.9. The molecular weight excluding hydrogens is 423 g/mol. The van der Waals surface area contributed by atoms with Crippen LogP contribution in [-0.2, 0) is 20.9 Å². The summed E-state index contributed by atoms with van der Waals surface area (Å²) in [5.41, 5.74) is 1.35. The summed E-state index contributed by atoms with van der Waals surface area (Å²) in [5.74, 6) is -0.540. The number of hydrogen-bond acceptors (Lipinski definition) is 4. The van der Waals surface area contributed by atoms with Crippen molar-refractivity contribution in [3.05, 3.63) is 102 Å². The smallest absolute Gasteiger partial charge is 0.261 e. The fourth-order valence-corrected chi connectivity index (χ4v) is 3.34. The molecule has 0 bridgehead atoms. The first-order valence-corrected chi connectivity index (χ1v) is 10.6. The van der Waals surface area contributed by atoms with Gasteiger partial charge in [-0.05, 0) is 35.4 Å². The van der Waals surface area contributed by atoms with Crippen LogP contribution in [0.2, 0.25) is 0 Å². The maximum Gasteiger partial charge on any atom is 0.261 e. The van der Waals surface area contributed by atoms with E-state index in [0.717, 1.165) is 0 Å². The van der Waals surface area contributed by atoms with E-state index in [2.05, 4.69) is 5.32 Å². The third-order valence-electron chi connectivity index (χ3n) is 4.97. The van der Waals surface area contributed by atoms with Gasteiger partial charge in [0.2, 0.25) is 5.91 Å². The van der Waals surface area contributed by atoms with Crippen molar-refractivity contribution in [3.63, 3.8) is 0 Å². The van der Waals surface area contributed by atoms with Crippen LogP contribution >= 0.6 is 0 Å². The van der Waals surface area contributed by atoms with Gasteiger partial charge in [0, 0.05) is 20.2 Å². The second kappa shape index (κ2) is 12.4. The Kier molecular flexibility index (Phi) is 8.97. The molecule has 1 atom stereocenters. The van der Waals surface area contributed by atoms with E-state index in [1.165, 1.54) is 17.0 Å². The molecule has 0 radical (unpaired) electrons. The Hall–Kier alpha value is -3.71. The van der Waals surface area contributed by atoms with Crippen molar-refractivity contribution in [2.75, 3.05) is 26.9 Å². The number of nitrogens with one attached hydrogen (secondary N) is 1. The van der Waals surface area contributed by atoms with Gasteiger partial charge >= 0.3 is 0 Å². The third kappa shape index (κ3) is 7.15. The van der Waals surface area contributed by atoms with Crippen molar-refractivity contribution in [2.24, 2.45) is 0 Å². The molecule has 0 heterocycles. The van der Waals surface area contributed by atoms with Gasteiger partial charge in [-0.2, -0.15) is 0 Å². The minimum absolute atomic E-state index is 0.106. The molecule has 0 saturated heterocycles. The van der Waals surface area contributed by atoms with Gasteiger partial charge in [0.15, 0.2) is 6.61 Å². The van der Waals surface area contributed by atoms with Crippen LogP contribution in [0, 0.1) is 5.82 Å².